The first-order chi connectivity index (χ1) is 7.08. The van der Waals surface area contributed by atoms with Gasteiger partial charge in [0.05, 0.1) is 12.4 Å². The van der Waals surface area contributed by atoms with Crippen LogP contribution in [-0.2, 0) is 0 Å². The van der Waals surface area contributed by atoms with E-state index >= 15 is 0 Å². The van der Waals surface area contributed by atoms with Gasteiger partial charge in [0.2, 0.25) is 0 Å². The van der Waals surface area contributed by atoms with Crippen LogP contribution >= 0.6 is 0 Å². The van der Waals surface area contributed by atoms with Crippen molar-refractivity contribution in [3.05, 3.63) is 12.4 Å². The summed E-state index contributed by atoms with van der Waals surface area (Å²) < 4.78 is 0. The molecule has 0 spiro atoms. The van der Waals surface area contributed by atoms with Crippen molar-refractivity contribution in [2.75, 3.05) is 31.7 Å². The normalized spacial score (nSPS) is 12.8. The van der Waals surface area contributed by atoms with Crippen molar-refractivity contribution in [3.63, 3.8) is 0 Å². The minimum atomic E-state index is 0.380. The molecule has 0 bridgehead atoms. The Morgan fingerprint density at radius 1 is 1.40 bits per heavy atom. The SMILES string of the molecule is CC(CCN(C)C)Nc1cnc(N)cn1. The van der Waals surface area contributed by atoms with Gasteiger partial charge in [0, 0.05) is 6.04 Å². The van der Waals surface area contributed by atoms with Gasteiger partial charge in [-0.05, 0) is 34.0 Å². The van der Waals surface area contributed by atoms with Gasteiger partial charge < -0.3 is 16.0 Å². The molecule has 1 unspecified atom stereocenters. The number of aromatic nitrogens is 2. The minimum Gasteiger partial charge on any atom is -0.382 e. The molecule has 0 radical (unpaired) electrons. The molecule has 5 heteroatoms. The first-order valence-electron chi connectivity index (χ1n) is 5.06. The number of anilines is 2. The van der Waals surface area contributed by atoms with Gasteiger partial charge in [0.1, 0.15) is 11.6 Å². The number of hydrogen-bond donors (Lipinski definition) is 2. The van der Waals surface area contributed by atoms with Crippen molar-refractivity contribution in [2.45, 2.75) is 19.4 Å². The van der Waals surface area contributed by atoms with E-state index in [0.717, 1.165) is 18.8 Å². The van der Waals surface area contributed by atoms with Crippen LogP contribution in [0.4, 0.5) is 11.6 Å². The molecule has 5 nitrogen and oxygen atoms in total. The molecular weight excluding hydrogens is 190 g/mol. The first kappa shape index (κ1) is 11.7. The highest BCUT2D eigenvalue weighted by Gasteiger charge is 2.03. The second kappa shape index (κ2) is 5.50. The van der Waals surface area contributed by atoms with Crippen LogP contribution in [0.3, 0.4) is 0 Å². The topological polar surface area (TPSA) is 67.1 Å². The number of rotatable bonds is 5. The Morgan fingerprint density at radius 3 is 2.67 bits per heavy atom. The maximum atomic E-state index is 5.45. The number of nitrogens with zero attached hydrogens (tertiary/aromatic N) is 3. The molecule has 3 N–H and O–H groups in total. The molecule has 0 amide bonds. The van der Waals surface area contributed by atoms with Crippen molar-refractivity contribution in [1.29, 1.82) is 0 Å². The lowest BCUT2D eigenvalue weighted by atomic mass is 10.2. The smallest absolute Gasteiger partial charge is 0.144 e. The number of nitrogens with two attached hydrogens (primary N) is 1. The maximum absolute atomic E-state index is 5.45. The highest BCUT2D eigenvalue weighted by Crippen LogP contribution is 2.05. The Balaban J connectivity index is 2.37. The van der Waals surface area contributed by atoms with Crippen molar-refractivity contribution < 1.29 is 0 Å². The third kappa shape index (κ3) is 4.60. The van der Waals surface area contributed by atoms with Crippen molar-refractivity contribution in [1.82, 2.24) is 14.9 Å². The Hall–Kier alpha value is -1.36. The molecule has 1 aromatic heterocycles. The van der Waals surface area contributed by atoms with E-state index in [9.17, 15) is 0 Å². The van der Waals surface area contributed by atoms with Crippen molar-refractivity contribution in [2.24, 2.45) is 0 Å². The largest absolute Gasteiger partial charge is 0.382 e. The average molecular weight is 209 g/mol. The van der Waals surface area contributed by atoms with Crippen LogP contribution in [-0.4, -0.2) is 41.5 Å². The molecule has 0 fully saturated rings. The van der Waals surface area contributed by atoms with Crippen LogP contribution in [0.2, 0.25) is 0 Å². The molecule has 84 valence electrons. The summed E-state index contributed by atoms with van der Waals surface area (Å²) in [5.41, 5.74) is 5.45. The van der Waals surface area contributed by atoms with E-state index in [1.165, 1.54) is 0 Å². The lowest BCUT2D eigenvalue weighted by Gasteiger charge is -2.16. The van der Waals surface area contributed by atoms with Gasteiger partial charge in [0.25, 0.3) is 0 Å². The van der Waals surface area contributed by atoms with Gasteiger partial charge in [-0.15, -0.1) is 0 Å². The minimum absolute atomic E-state index is 0.380. The summed E-state index contributed by atoms with van der Waals surface area (Å²) in [5, 5.41) is 3.27. The van der Waals surface area contributed by atoms with Crippen LogP contribution in [0.1, 0.15) is 13.3 Å². The van der Waals surface area contributed by atoms with Crippen molar-refractivity contribution in [3.8, 4) is 0 Å². The highest BCUT2D eigenvalue weighted by molar-refractivity contribution is 5.36. The molecule has 1 aromatic rings. The third-order valence-electron chi connectivity index (χ3n) is 2.08. The molecule has 0 saturated carbocycles. The molecule has 1 heterocycles. The molecule has 0 aliphatic rings. The van der Waals surface area contributed by atoms with E-state index in [1.54, 1.807) is 12.4 Å². The molecule has 0 aliphatic carbocycles. The summed E-state index contributed by atoms with van der Waals surface area (Å²) in [6.45, 7) is 3.18. The Labute approximate surface area is 90.7 Å². The van der Waals surface area contributed by atoms with Crippen LogP contribution in [0.5, 0.6) is 0 Å². The monoisotopic (exact) mass is 209 g/mol. The molecule has 1 rings (SSSR count). The molecule has 0 saturated heterocycles. The third-order valence-corrected chi connectivity index (χ3v) is 2.08. The lowest BCUT2D eigenvalue weighted by Crippen LogP contribution is -2.23. The second-order valence-electron chi connectivity index (χ2n) is 3.96. The van der Waals surface area contributed by atoms with Crippen LogP contribution < -0.4 is 11.1 Å². The summed E-state index contributed by atoms with van der Waals surface area (Å²) in [7, 11) is 4.13. The highest BCUT2D eigenvalue weighted by atomic mass is 15.1. The maximum Gasteiger partial charge on any atom is 0.144 e. The van der Waals surface area contributed by atoms with Gasteiger partial charge in [-0.1, -0.05) is 0 Å². The molecule has 0 aliphatic heterocycles. The predicted molar refractivity (Wildman–Crippen MR) is 62.7 cm³/mol. The van der Waals surface area contributed by atoms with E-state index in [0.29, 0.717) is 11.9 Å². The summed E-state index contributed by atoms with van der Waals surface area (Å²) in [4.78, 5) is 10.3. The zero-order valence-electron chi connectivity index (χ0n) is 9.57. The first-order valence-corrected chi connectivity index (χ1v) is 5.06. The average Bonchev–Trinajstić information content (AvgIpc) is 2.19. The molecule has 0 aromatic carbocycles. The van der Waals surface area contributed by atoms with Crippen molar-refractivity contribution >= 4 is 11.6 Å². The number of nitrogen functional groups attached to an aromatic ring is 1. The van der Waals surface area contributed by atoms with Crippen LogP contribution in [0, 0.1) is 0 Å². The number of hydrogen-bond acceptors (Lipinski definition) is 5. The molecular formula is C10H19N5. The Bertz CT molecular complexity index is 282. The predicted octanol–water partition coefficient (Wildman–Crippen LogP) is 0.811. The quantitative estimate of drug-likeness (QED) is 0.751. The summed E-state index contributed by atoms with van der Waals surface area (Å²) in [6, 6.07) is 0.380. The van der Waals surface area contributed by atoms with E-state index in [4.69, 9.17) is 5.73 Å². The lowest BCUT2D eigenvalue weighted by molar-refractivity contribution is 0.390. The Morgan fingerprint density at radius 2 is 2.13 bits per heavy atom. The van der Waals surface area contributed by atoms with E-state index in [-0.39, 0.29) is 0 Å². The zero-order chi connectivity index (χ0) is 11.3. The molecule has 1 atom stereocenters. The summed E-state index contributed by atoms with van der Waals surface area (Å²) in [6.07, 6.45) is 4.28. The van der Waals surface area contributed by atoms with Gasteiger partial charge in [-0.2, -0.15) is 0 Å². The zero-order valence-corrected chi connectivity index (χ0v) is 9.57. The van der Waals surface area contributed by atoms with Gasteiger partial charge >= 0.3 is 0 Å². The van der Waals surface area contributed by atoms with E-state index in [2.05, 4.69) is 41.2 Å². The number of nitrogens with one attached hydrogen (secondary N) is 1. The molecule has 15 heavy (non-hydrogen) atoms. The van der Waals surface area contributed by atoms with Gasteiger partial charge in [0.15, 0.2) is 0 Å². The Kier molecular flexibility index (Phi) is 4.30. The van der Waals surface area contributed by atoms with Crippen LogP contribution in [0.25, 0.3) is 0 Å². The van der Waals surface area contributed by atoms with Gasteiger partial charge in [-0.3, -0.25) is 0 Å². The fourth-order valence-electron chi connectivity index (χ4n) is 1.19. The van der Waals surface area contributed by atoms with Gasteiger partial charge in [-0.25, -0.2) is 9.97 Å². The second-order valence-corrected chi connectivity index (χ2v) is 3.96. The van der Waals surface area contributed by atoms with E-state index in [1.807, 2.05) is 0 Å². The summed E-state index contributed by atoms with van der Waals surface area (Å²) >= 11 is 0. The van der Waals surface area contributed by atoms with Crippen LogP contribution in [0.15, 0.2) is 12.4 Å². The van der Waals surface area contributed by atoms with E-state index < -0.39 is 0 Å². The standard InChI is InChI=1S/C10H19N5/c1-8(4-5-15(2)3)14-10-7-12-9(11)6-13-10/h6-8H,4-5H2,1-3H3,(H2,11,12)(H,13,14). The fraction of sp³-hybridized carbons (Fsp3) is 0.600. The summed E-state index contributed by atoms with van der Waals surface area (Å²) in [5.74, 6) is 1.22. The fourth-order valence-corrected chi connectivity index (χ4v) is 1.19.